The van der Waals surface area contributed by atoms with Crippen LogP contribution >= 0.6 is 0 Å². The fourth-order valence-corrected chi connectivity index (χ4v) is 2.02. The Morgan fingerprint density at radius 2 is 1.94 bits per heavy atom. The van der Waals surface area contributed by atoms with Gasteiger partial charge in [0.2, 0.25) is 0 Å². The summed E-state index contributed by atoms with van der Waals surface area (Å²) in [7, 11) is -1.11. The molecule has 4 nitrogen and oxygen atoms in total. The summed E-state index contributed by atoms with van der Waals surface area (Å²) in [6.45, 7) is 6.76. The molecule has 0 spiro atoms. The molecule has 0 amide bonds. The summed E-state index contributed by atoms with van der Waals surface area (Å²) in [6, 6.07) is 0. The molecule has 16 heavy (non-hydrogen) atoms. The molecule has 5 heteroatoms. The molecular weight excluding hydrogens is 226 g/mol. The highest BCUT2D eigenvalue weighted by Crippen LogP contribution is 2.18. The molecule has 0 saturated heterocycles. The van der Waals surface area contributed by atoms with Crippen LogP contribution in [0.3, 0.4) is 0 Å². The number of hydrogen-bond donors (Lipinski definition) is 1. The van der Waals surface area contributed by atoms with Gasteiger partial charge in [-0.25, -0.2) is 8.42 Å². The minimum Gasteiger partial charge on any atom is -0.385 e. The van der Waals surface area contributed by atoms with Gasteiger partial charge in [-0.3, -0.25) is 0 Å². The van der Waals surface area contributed by atoms with Gasteiger partial charge in [-0.15, -0.1) is 0 Å². The summed E-state index contributed by atoms with van der Waals surface area (Å²) in [5, 5.41) is 3.29. The second-order valence-electron chi connectivity index (χ2n) is 5.07. The van der Waals surface area contributed by atoms with Gasteiger partial charge in [0.05, 0.1) is 5.75 Å². The van der Waals surface area contributed by atoms with Crippen molar-refractivity contribution in [2.24, 2.45) is 5.41 Å². The van der Waals surface area contributed by atoms with Crippen LogP contribution in [0.25, 0.3) is 0 Å². The van der Waals surface area contributed by atoms with Gasteiger partial charge in [-0.05, 0) is 24.8 Å². The Kier molecular flexibility index (Phi) is 7.19. The molecular formula is C11H25NO3S. The van der Waals surface area contributed by atoms with Crippen molar-refractivity contribution in [2.45, 2.75) is 26.7 Å². The third-order valence-electron chi connectivity index (χ3n) is 2.46. The molecule has 0 radical (unpaired) electrons. The van der Waals surface area contributed by atoms with Crippen LogP contribution in [0, 0.1) is 5.41 Å². The van der Waals surface area contributed by atoms with E-state index >= 15 is 0 Å². The normalized spacial score (nSPS) is 13.0. The fourth-order valence-electron chi connectivity index (χ4n) is 1.35. The van der Waals surface area contributed by atoms with E-state index in [2.05, 4.69) is 19.2 Å². The predicted molar refractivity (Wildman–Crippen MR) is 67.5 cm³/mol. The first-order valence-electron chi connectivity index (χ1n) is 5.64. The maximum Gasteiger partial charge on any atom is 0.147 e. The Morgan fingerprint density at radius 1 is 1.31 bits per heavy atom. The molecule has 0 aromatic carbocycles. The van der Waals surface area contributed by atoms with Crippen LogP contribution in [0.1, 0.15) is 26.7 Å². The van der Waals surface area contributed by atoms with Crippen molar-refractivity contribution in [1.29, 1.82) is 0 Å². The van der Waals surface area contributed by atoms with Gasteiger partial charge >= 0.3 is 0 Å². The molecule has 0 aromatic heterocycles. The lowest BCUT2D eigenvalue weighted by molar-refractivity contribution is 0.151. The lowest BCUT2D eigenvalue weighted by atomic mass is 9.90. The number of ether oxygens (including phenoxy) is 1. The second-order valence-corrected chi connectivity index (χ2v) is 7.33. The average Bonchev–Trinajstić information content (AvgIpc) is 2.12. The summed E-state index contributed by atoms with van der Waals surface area (Å²) in [6.07, 6.45) is 2.96. The van der Waals surface area contributed by atoms with Crippen molar-refractivity contribution in [1.82, 2.24) is 5.32 Å². The highest BCUT2D eigenvalue weighted by atomic mass is 32.2. The van der Waals surface area contributed by atoms with Crippen LogP contribution < -0.4 is 5.32 Å². The first-order chi connectivity index (χ1) is 7.27. The quantitative estimate of drug-likeness (QED) is 0.623. The molecule has 0 aliphatic carbocycles. The van der Waals surface area contributed by atoms with E-state index in [0.29, 0.717) is 6.42 Å². The SMILES string of the molecule is COCCC(C)(C)CNCCCS(C)(=O)=O. The second kappa shape index (κ2) is 7.25. The number of sulfone groups is 1. The van der Waals surface area contributed by atoms with Gasteiger partial charge in [-0.2, -0.15) is 0 Å². The Balaban J connectivity index is 3.57. The van der Waals surface area contributed by atoms with Gasteiger partial charge < -0.3 is 10.1 Å². The van der Waals surface area contributed by atoms with Crippen molar-refractivity contribution >= 4 is 9.84 Å². The van der Waals surface area contributed by atoms with E-state index in [1.807, 2.05) is 0 Å². The lowest BCUT2D eigenvalue weighted by Gasteiger charge is -2.24. The third kappa shape index (κ3) is 10.4. The number of rotatable bonds is 9. The van der Waals surface area contributed by atoms with Crippen LogP contribution in [0.2, 0.25) is 0 Å². The van der Waals surface area contributed by atoms with E-state index in [-0.39, 0.29) is 11.2 Å². The fraction of sp³-hybridized carbons (Fsp3) is 1.00. The topological polar surface area (TPSA) is 55.4 Å². The predicted octanol–water partition coefficient (Wildman–Crippen LogP) is 1.07. The molecule has 0 aromatic rings. The van der Waals surface area contributed by atoms with Crippen molar-refractivity contribution in [2.75, 3.05) is 38.8 Å². The van der Waals surface area contributed by atoms with E-state index in [0.717, 1.165) is 26.1 Å². The molecule has 0 aliphatic rings. The Bertz CT molecular complexity index is 273. The zero-order chi connectivity index (χ0) is 12.7. The Morgan fingerprint density at radius 3 is 2.44 bits per heavy atom. The van der Waals surface area contributed by atoms with Crippen molar-refractivity contribution in [3.63, 3.8) is 0 Å². The van der Waals surface area contributed by atoms with E-state index < -0.39 is 9.84 Å². The monoisotopic (exact) mass is 251 g/mol. The third-order valence-corrected chi connectivity index (χ3v) is 3.49. The number of methoxy groups -OCH3 is 1. The molecule has 0 bridgehead atoms. The molecule has 0 saturated carbocycles. The summed E-state index contributed by atoms with van der Waals surface area (Å²) in [5.41, 5.74) is 0.196. The summed E-state index contributed by atoms with van der Waals surface area (Å²) in [4.78, 5) is 0. The summed E-state index contributed by atoms with van der Waals surface area (Å²) >= 11 is 0. The first-order valence-corrected chi connectivity index (χ1v) is 7.70. The minimum atomic E-state index is -2.81. The zero-order valence-electron chi connectivity index (χ0n) is 10.9. The molecule has 0 fully saturated rings. The zero-order valence-corrected chi connectivity index (χ0v) is 11.7. The van der Waals surface area contributed by atoms with Crippen LogP contribution in [-0.4, -0.2) is 47.2 Å². The van der Waals surface area contributed by atoms with Gasteiger partial charge in [0, 0.05) is 26.5 Å². The van der Waals surface area contributed by atoms with Crippen LogP contribution in [-0.2, 0) is 14.6 Å². The smallest absolute Gasteiger partial charge is 0.147 e. The number of hydrogen-bond acceptors (Lipinski definition) is 4. The lowest BCUT2D eigenvalue weighted by Crippen LogP contribution is -2.31. The Hall–Kier alpha value is -0.130. The molecule has 0 heterocycles. The van der Waals surface area contributed by atoms with E-state index in [1.54, 1.807) is 7.11 Å². The maximum absolute atomic E-state index is 10.9. The van der Waals surface area contributed by atoms with Crippen LogP contribution in [0.15, 0.2) is 0 Å². The highest BCUT2D eigenvalue weighted by molar-refractivity contribution is 7.90. The van der Waals surface area contributed by atoms with Gasteiger partial charge in [0.25, 0.3) is 0 Å². The minimum absolute atomic E-state index is 0.196. The van der Waals surface area contributed by atoms with Crippen LogP contribution in [0.4, 0.5) is 0 Å². The molecule has 0 unspecified atom stereocenters. The van der Waals surface area contributed by atoms with E-state index in [9.17, 15) is 8.42 Å². The van der Waals surface area contributed by atoms with Crippen molar-refractivity contribution in [3.8, 4) is 0 Å². The highest BCUT2D eigenvalue weighted by Gasteiger charge is 2.16. The maximum atomic E-state index is 10.9. The molecule has 0 rings (SSSR count). The summed E-state index contributed by atoms with van der Waals surface area (Å²) in [5.74, 6) is 0.262. The van der Waals surface area contributed by atoms with Crippen molar-refractivity contribution in [3.05, 3.63) is 0 Å². The van der Waals surface area contributed by atoms with E-state index in [4.69, 9.17) is 4.74 Å². The first kappa shape index (κ1) is 15.9. The van der Waals surface area contributed by atoms with Gasteiger partial charge in [-0.1, -0.05) is 13.8 Å². The number of nitrogens with one attached hydrogen (secondary N) is 1. The van der Waals surface area contributed by atoms with E-state index in [1.165, 1.54) is 6.26 Å². The van der Waals surface area contributed by atoms with Gasteiger partial charge in [0.15, 0.2) is 0 Å². The standard InChI is InChI=1S/C11H25NO3S/c1-11(2,6-8-15-3)10-12-7-5-9-16(4,13)14/h12H,5-10H2,1-4H3. The molecule has 0 atom stereocenters. The van der Waals surface area contributed by atoms with Crippen molar-refractivity contribution < 1.29 is 13.2 Å². The van der Waals surface area contributed by atoms with Crippen LogP contribution in [0.5, 0.6) is 0 Å². The molecule has 1 N–H and O–H groups in total. The Labute approximate surface area is 99.7 Å². The average molecular weight is 251 g/mol. The molecule has 0 aliphatic heterocycles. The van der Waals surface area contributed by atoms with Gasteiger partial charge in [0.1, 0.15) is 9.84 Å². The molecule has 98 valence electrons. The largest absolute Gasteiger partial charge is 0.385 e. The summed E-state index contributed by atoms with van der Waals surface area (Å²) < 4.78 is 26.8.